The number of aliphatic hydroxyl groups excluding tert-OH is 20. The van der Waals surface area contributed by atoms with Crippen LogP contribution in [0.2, 0.25) is 0 Å². The lowest BCUT2D eigenvalue weighted by molar-refractivity contribution is -0.409. The monoisotopic (exact) mass is 1220 g/mol. The summed E-state index contributed by atoms with van der Waals surface area (Å²) in [5, 5.41) is 221. The van der Waals surface area contributed by atoms with Crippen molar-refractivity contribution in [1.82, 2.24) is 10.6 Å². The van der Waals surface area contributed by atoms with Crippen LogP contribution in [0.4, 0.5) is 0 Å². The molecule has 7 aliphatic rings. The van der Waals surface area contributed by atoms with E-state index in [9.17, 15) is 112 Å². The third kappa shape index (κ3) is 14.5. The molecule has 0 radical (unpaired) electrons. The van der Waals surface area contributed by atoms with Crippen molar-refractivity contribution in [3.05, 3.63) is 0 Å². The van der Waals surface area contributed by atoms with Crippen LogP contribution >= 0.6 is 0 Å². The molecule has 0 aromatic rings. The Bertz CT molecular complexity index is 2040. The summed E-state index contributed by atoms with van der Waals surface area (Å²) in [6.07, 6.45) is -66.1. The van der Waals surface area contributed by atoms with Gasteiger partial charge in [-0.2, -0.15) is 0 Å². The van der Waals surface area contributed by atoms with Crippen LogP contribution in [0.25, 0.3) is 0 Å². The highest BCUT2D eigenvalue weighted by atomic mass is 16.8. The van der Waals surface area contributed by atoms with Gasteiger partial charge in [-0.15, -0.1) is 0 Å². The molecule has 0 bridgehead atoms. The number of hydrogen-bond donors (Lipinski definition) is 22. The van der Waals surface area contributed by atoms with Crippen LogP contribution in [0, 0.1) is 0 Å². The minimum atomic E-state index is -2.43. The van der Waals surface area contributed by atoms with Crippen LogP contribution in [-0.2, 0) is 71.2 Å². The van der Waals surface area contributed by atoms with E-state index in [2.05, 4.69) is 10.6 Å². The zero-order chi connectivity index (χ0) is 61.2. The lowest BCUT2D eigenvalue weighted by Crippen LogP contribution is -2.72. The summed E-state index contributed by atoms with van der Waals surface area (Å²) in [4.78, 5) is 25.6. The molecule has 7 rings (SSSR count). The standard InChI is InChI=1S/C46H78N2O35/c1-10-21(57)29(65)39(83-44-32(68)28(64)24(60)15(6-51)75-44)46(71-10)81-37-20(48-12(3)56)41(78-34-16(7-52)72-40(70)19(25(34)61)47-11(2)55)76-17(8-53)35(37)79-45-33(69)38(82-43-31(67)27(63)23(59)14(5-50)74-43)36(18(9-54)77-45)80-42-30(66)26(62)22(58)13(4-49)73-42/h10,13-46,49-54,57-70H,4-9H2,1-3H3,(H,47,55)(H,48,56)/t10-,13+,14+,15+,16+,17+,18+,19+,20+,21+,22-,23+,24-,25+,26-,27-,28-,29+,30+,31-,32+,33-,34+,35+,36+,37+,38+,39-,40+,41-,42-,43+,44?,45-,46-/m0/s1. The predicted octanol–water partition coefficient (Wildman–Crippen LogP) is -15.0. The Labute approximate surface area is 470 Å². The van der Waals surface area contributed by atoms with Gasteiger partial charge < -0.3 is 174 Å². The minimum Gasteiger partial charge on any atom is -0.394 e. The smallest absolute Gasteiger partial charge is 0.217 e. The number of carbonyl (C=O) groups is 2. The fraction of sp³-hybridized carbons (Fsp3) is 0.957. The molecule has 1 unspecified atom stereocenters. The predicted molar refractivity (Wildman–Crippen MR) is 254 cm³/mol. The Morgan fingerprint density at radius 2 is 0.651 bits per heavy atom. The first-order valence-corrected chi connectivity index (χ1v) is 26.5. The molecule has 2 amide bonds. The Kier molecular flexibility index (Phi) is 24.0. The minimum absolute atomic E-state index is 0.783. The second-order valence-electron chi connectivity index (χ2n) is 21.0. The average Bonchev–Trinajstić information content (AvgIpc) is 3.51. The van der Waals surface area contributed by atoms with Gasteiger partial charge in [-0.25, -0.2) is 0 Å². The maximum Gasteiger partial charge on any atom is 0.217 e. The fourth-order valence-corrected chi connectivity index (χ4v) is 10.7. The highest BCUT2D eigenvalue weighted by Crippen LogP contribution is 2.40. The number of amides is 2. The summed E-state index contributed by atoms with van der Waals surface area (Å²) in [6.45, 7) is -3.08. The van der Waals surface area contributed by atoms with E-state index >= 15 is 0 Å². The van der Waals surface area contributed by atoms with E-state index in [1.165, 1.54) is 6.92 Å². The lowest BCUT2D eigenvalue weighted by atomic mass is 9.93. The number of ether oxygens (including phenoxy) is 13. The van der Waals surface area contributed by atoms with Gasteiger partial charge in [0.1, 0.15) is 165 Å². The van der Waals surface area contributed by atoms with Crippen molar-refractivity contribution in [2.45, 2.75) is 236 Å². The molecule has 35 atom stereocenters. The second-order valence-corrected chi connectivity index (χ2v) is 21.0. The molecule has 7 fully saturated rings. The summed E-state index contributed by atoms with van der Waals surface area (Å²) in [6, 6.07) is -3.62. The van der Waals surface area contributed by atoms with Crippen molar-refractivity contribution in [3.63, 3.8) is 0 Å². The largest absolute Gasteiger partial charge is 0.394 e. The molecule has 37 nitrogen and oxygen atoms in total. The van der Waals surface area contributed by atoms with E-state index in [-0.39, 0.29) is 0 Å². The van der Waals surface area contributed by atoms with Crippen LogP contribution in [0.3, 0.4) is 0 Å². The van der Waals surface area contributed by atoms with Gasteiger partial charge in [0.25, 0.3) is 0 Å². The van der Waals surface area contributed by atoms with Crippen molar-refractivity contribution in [1.29, 1.82) is 0 Å². The molecule has 7 saturated heterocycles. The molecule has 0 aromatic carbocycles. The molecular weight excluding hydrogens is 1140 g/mol. The van der Waals surface area contributed by atoms with Crippen LogP contribution in [0.15, 0.2) is 0 Å². The van der Waals surface area contributed by atoms with Crippen molar-refractivity contribution >= 4 is 11.8 Å². The Hall–Kier alpha value is -2.38. The summed E-state index contributed by atoms with van der Waals surface area (Å²) in [5.74, 6) is -1.74. The first-order chi connectivity index (χ1) is 39.2. The molecule has 0 saturated carbocycles. The number of aliphatic hydroxyl groups is 20. The second kappa shape index (κ2) is 29.3. The van der Waals surface area contributed by atoms with Crippen molar-refractivity contribution < 1.29 is 173 Å². The molecule has 7 aliphatic heterocycles. The Morgan fingerprint density at radius 3 is 1.08 bits per heavy atom. The first kappa shape index (κ1) is 68.1. The van der Waals surface area contributed by atoms with Crippen LogP contribution in [0.5, 0.6) is 0 Å². The van der Waals surface area contributed by atoms with Gasteiger partial charge in [-0.3, -0.25) is 9.59 Å². The van der Waals surface area contributed by atoms with E-state index in [1.807, 2.05) is 0 Å². The van der Waals surface area contributed by atoms with Crippen molar-refractivity contribution in [2.75, 3.05) is 39.6 Å². The Balaban J connectivity index is 1.31. The third-order valence-electron chi connectivity index (χ3n) is 15.3. The van der Waals surface area contributed by atoms with E-state index in [1.54, 1.807) is 0 Å². The molecule has 0 aliphatic carbocycles. The molecule has 22 N–H and O–H groups in total. The first-order valence-electron chi connectivity index (χ1n) is 26.5. The normalized spacial score (nSPS) is 50.8. The van der Waals surface area contributed by atoms with Gasteiger partial charge in [0.15, 0.2) is 44.0 Å². The zero-order valence-corrected chi connectivity index (χ0v) is 44.5. The average molecular weight is 1220 g/mol. The lowest BCUT2D eigenvalue weighted by Gasteiger charge is -2.53. The molecular formula is C46H78N2O35. The van der Waals surface area contributed by atoms with Crippen molar-refractivity contribution in [3.8, 4) is 0 Å². The van der Waals surface area contributed by atoms with Gasteiger partial charge in [0.2, 0.25) is 11.8 Å². The summed E-state index contributed by atoms with van der Waals surface area (Å²) in [7, 11) is 0. The van der Waals surface area contributed by atoms with Gasteiger partial charge in [-0.05, 0) is 6.92 Å². The van der Waals surface area contributed by atoms with E-state index in [4.69, 9.17) is 61.6 Å². The van der Waals surface area contributed by atoms with Crippen molar-refractivity contribution in [2.24, 2.45) is 0 Å². The zero-order valence-electron chi connectivity index (χ0n) is 44.5. The molecule has 7 heterocycles. The van der Waals surface area contributed by atoms with E-state index in [0.717, 1.165) is 13.8 Å². The molecule has 0 aromatic heterocycles. The summed E-state index contributed by atoms with van der Waals surface area (Å²) < 4.78 is 77.2. The molecule has 0 spiro atoms. The third-order valence-corrected chi connectivity index (χ3v) is 15.3. The fourth-order valence-electron chi connectivity index (χ4n) is 10.7. The number of carbonyl (C=O) groups excluding carboxylic acids is 2. The Morgan fingerprint density at radius 1 is 0.313 bits per heavy atom. The summed E-state index contributed by atoms with van der Waals surface area (Å²) in [5.41, 5.74) is 0. The van der Waals surface area contributed by atoms with Crippen LogP contribution in [0.1, 0.15) is 20.8 Å². The van der Waals surface area contributed by atoms with Gasteiger partial charge in [0.05, 0.1) is 45.7 Å². The maximum absolute atomic E-state index is 13.4. The quantitative estimate of drug-likeness (QED) is 0.0538. The SMILES string of the molecule is CC(=O)N[C@@H]1[C@@H](O)[C@H](O[C@@H]2O[C@H](CO)[C@@H](O[C@@H]3O[C@H](CO)[C@@H](O[C@@H]4O[C@H](CO)[C@H](O)[C@H](O)[C@H]4O)[C@H](O[C@H]4O[C@H](CO)[C@@H](O)[C@H](O)[C@@H]4O)[C@@H]3O)[C@H](O[C@@H]3O[C@@H](C)[C@@H](O)[C@@H](O)[C@@H]3OC3O[C@H](CO)[C@H](O)[C@H](O)[C@H]3O)[C@H]2NC(C)=O)[C@@H](CO)O[C@H]1O. The number of rotatable bonds is 20. The highest BCUT2D eigenvalue weighted by Gasteiger charge is 2.60. The highest BCUT2D eigenvalue weighted by molar-refractivity contribution is 5.73. The van der Waals surface area contributed by atoms with Crippen LogP contribution in [-0.4, -0.2) is 368 Å². The van der Waals surface area contributed by atoms with E-state index < -0.39 is 266 Å². The topological polar surface area (TPSA) is 583 Å². The van der Waals surface area contributed by atoms with Crippen LogP contribution < -0.4 is 10.6 Å². The number of nitrogens with one attached hydrogen (secondary N) is 2. The number of hydrogen-bond acceptors (Lipinski definition) is 35. The van der Waals surface area contributed by atoms with Gasteiger partial charge >= 0.3 is 0 Å². The van der Waals surface area contributed by atoms with E-state index in [0.29, 0.717) is 0 Å². The van der Waals surface area contributed by atoms with Gasteiger partial charge in [0, 0.05) is 13.8 Å². The molecule has 83 heavy (non-hydrogen) atoms. The maximum atomic E-state index is 13.4. The van der Waals surface area contributed by atoms with Gasteiger partial charge in [-0.1, -0.05) is 0 Å². The summed E-state index contributed by atoms with van der Waals surface area (Å²) >= 11 is 0. The molecule has 37 heteroatoms. The molecule has 482 valence electrons.